The summed E-state index contributed by atoms with van der Waals surface area (Å²) in [6, 6.07) is 6.87. The first-order valence-corrected chi connectivity index (χ1v) is 5.79. The number of nitrogens with two attached hydrogens (primary N) is 1. The Balaban J connectivity index is 2.07. The summed E-state index contributed by atoms with van der Waals surface area (Å²) in [5.74, 6) is 0.906. The Kier molecular flexibility index (Phi) is 2.85. The van der Waals surface area contributed by atoms with Gasteiger partial charge in [-0.3, -0.25) is 0 Å². The van der Waals surface area contributed by atoms with Gasteiger partial charge in [-0.15, -0.1) is 0 Å². The lowest BCUT2D eigenvalue weighted by atomic mass is 10.2. The van der Waals surface area contributed by atoms with Gasteiger partial charge in [-0.2, -0.15) is 4.98 Å². The van der Waals surface area contributed by atoms with E-state index in [1.54, 1.807) is 36.7 Å². The van der Waals surface area contributed by atoms with E-state index in [4.69, 9.17) is 21.9 Å². The Labute approximate surface area is 113 Å². The summed E-state index contributed by atoms with van der Waals surface area (Å²) in [4.78, 5) is 12.3. The van der Waals surface area contributed by atoms with Gasteiger partial charge in [0.2, 0.25) is 11.6 Å². The van der Waals surface area contributed by atoms with Crippen molar-refractivity contribution in [3.63, 3.8) is 0 Å². The zero-order valence-corrected chi connectivity index (χ0v) is 10.4. The van der Waals surface area contributed by atoms with Gasteiger partial charge in [-0.25, -0.2) is 9.97 Å². The lowest BCUT2D eigenvalue weighted by Gasteiger charge is -2.01. The monoisotopic (exact) mass is 273 g/mol. The molecule has 0 amide bonds. The summed E-state index contributed by atoms with van der Waals surface area (Å²) >= 11 is 6.08. The molecular formula is C12H8ClN5O. The van der Waals surface area contributed by atoms with E-state index in [-0.39, 0.29) is 11.7 Å². The van der Waals surface area contributed by atoms with Gasteiger partial charge in [0.25, 0.3) is 5.89 Å². The van der Waals surface area contributed by atoms with Crippen molar-refractivity contribution in [2.24, 2.45) is 0 Å². The first-order chi connectivity index (χ1) is 9.25. The van der Waals surface area contributed by atoms with Crippen LogP contribution in [-0.2, 0) is 0 Å². The molecule has 0 atom stereocenters. The second-order valence-electron chi connectivity index (χ2n) is 3.70. The van der Waals surface area contributed by atoms with Gasteiger partial charge in [0.15, 0.2) is 0 Å². The van der Waals surface area contributed by atoms with Crippen LogP contribution in [0.1, 0.15) is 0 Å². The highest BCUT2D eigenvalue weighted by atomic mass is 35.5. The number of benzene rings is 1. The van der Waals surface area contributed by atoms with Crippen molar-refractivity contribution in [2.45, 2.75) is 0 Å². The van der Waals surface area contributed by atoms with Gasteiger partial charge in [-0.1, -0.05) is 22.8 Å². The first kappa shape index (κ1) is 11.6. The van der Waals surface area contributed by atoms with E-state index in [0.29, 0.717) is 22.1 Å². The van der Waals surface area contributed by atoms with E-state index in [1.807, 2.05) is 0 Å². The summed E-state index contributed by atoms with van der Waals surface area (Å²) in [7, 11) is 0. The predicted molar refractivity (Wildman–Crippen MR) is 70.2 cm³/mol. The van der Waals surface area contributed by atoms with Crippen molar-refractivity contribution < 1.29 is 4.52 Å². The first-order valence-electron chi connectivity index (χ1n) is 5.41. The number of hydrogen-bond donors (Lipinski definition) is 1. The van der Waals surface area contributed by atoms with Gasteiger partial charge in [0, 0.05) is 18.1 Å². The van der Waals surface area contributed by atoms with E-state index in [1.165, 1.54) is 0 Å². The van der Waals surface area contributed by atoms with Crippen LogP contribution < -0.4 is 5.73 Å². The third-order valence-corrected chi connectivity index (χ3v) is 2.77. The lowest BCUT2D eigenvalue weighted by molar-refractivity contribution is 0.432. The molecule has 94 valence electrons. The summed E-state index contributed by atoms with van der Waals surface area (Å²) in [6.45, 7) is 0. The Hall–Kier alpha value is -2.47. The fraction of sp³-hybridized carbons (Fsp3) is 0. The largest absolute Gasteiger partial charge is 0.398 e. The van der Waals surface area contributed by atoms with Crippen molar-refractivity contribution in [3.05, 3.63) is 41.7 Å². The van der Waals surface area contributed by atoms with Crippen molar-refractivity contribution in [1.29, 1.82) is 0 Å². The lowest BCUT2D eigenvalue weighted by Crippen LogP contribution is -1.91. The minimum absolute atomic E-state index is 0.241. The van der Waals surface area contributed by atoms with Crippen LogP contribution in [0.4, 0.5) is 5.69 Å². The molecule has 3 aromatic rings. The Morgan fingerprint density at radius 1 is 1.05 bits per heavy atom. The molecule has 0 aliphatic carbocycles. The Morgan fingerprint density at radius 3 is 2.58 bits per heavy atom. The van der Waals surface area contributed by atoms with Gasteiger partial charge in [0.05, 0.1) is 10.6 Å². The van der Waals surface area contributed by atoms with Gasteiger partial charge in [0.1, 0.15) is 0 Å². The van der Waals surface area contributed by atoms with Crippen LogP contribution in [-0.4, -0.2) is 20.1 Å². The molecule has 2 aromatic heterocycles. The van der Waals surface area contributed by atoms with Gasteiger partial charge >= 0.3 is 0 Å². The molecule has 0 aliphatic heterocycles. The molecule has 0 radical (unpaired) electrons. The zero-order chi connectivity index (χ0) is 13.2. The van der Waals surface area contributed by atoms with Crippen LogP contribution in [0, 0.1) is 0 Å². The van der Waals surface area contributed by atoms with Crippen LogP contribution >= 0.6 is 11.6 Å². The molecule has 2 N–H and O–H groups in total. The molecule has 3 rings (SSSR count). The quantitative estimate of drug-likeness (QED) is 0.721. The summed E-state index contributed by atoms with van der Waals surface area (Å²) < 4.78 is 5.16. The van der Waals surface area contributed by atoms with Crippen LogP contribution in [0.15, 0.2) is 41.2 Å². The second-order valence-corrected chi connectivity index (χ2v) is 4.11. The maximum absolute atomic E-state index is 6.08. The number of rotatable bonds is 2. The Bertz CT molecular complexity index is 693. The highest BCUT2D eigenvalue weighted by molar-refractivity contribution is 6.33. The van der Waals surface area contributed by atoms with E-state index in [0.717, 1.165) is 0 Å². The van der Waals surface area contributed by atoms with E-state index >= 15 is 0 Å². The van der Waals surface area contributed by atoms with Crippen LogP contribution in [0.3, 0.4) is 0 Å². The third-order valence-electron chi connectivity index (χ3n) is 2.45. The number of halogens is 1. The standard InChI is InChI=1S/C12H8ClN5O/c13-7-3-1-4-8(14)9(7)12-17-11(18-19-12)10-15-5-2-6-16-10/h1-6H,14H2. The van der Waals surface area contributed by atoms with Crippen molar-refractivity contribution in [1.82, 2.24) is 20.1 Å². The SMILES string of the molecule is Nc1cccc(Cl)c1-c1nc(-c2ncccn2)no1. The highest BCUT2D eigenvalue weighted by Gasteiger charge is 2.16. The average Bonchev–Trinajstić information content (AvgIpc) is 2.89. The summed E-state index contributed by atoms with van der Waals surface area (Å²) in [6.07, 6.45) is 3.20. The average molecular weight is 274 g/mol. The minimum atomic E-state index is 0.241. The van der Waals surface area contributed by atoms with Crippen LogP contribution in [0.2, 0.25) is 5.02 Å². The molecular weight excluding hydrogens is 266 g/mol. The summed E-state index contributed by atoms with van der Waals surface area (Å²) in [5.41, 5.74) is 6.84. The number of aromatic nitrogens is 4. The maximum atomic E-state index is 6.08. The maximum Gasteiger partial charge on any atom is 0.261 e. The van der Waals surface area contributed by atoms with Crippen molar-refractivity contribution >= 4 is 17.3 Å². The van der Waals surface area contributed by atoms with Crippen LogP contribution in [0.25, 0.3) is 23.1 Å². The number of nitrogens with zero attached hydrogens (tertiary/aromatic N) is 4. The molecule has 2 heterocycles. The predicted octanol–water partition coefficient (Wildman–Crippen LogP) is 2.43. The topological polar surface area (TPSA) is 90.7 Å². The third kappa shape index (κ3) is 2.13. The molecule has 0 bridgehead atoms. The molecule has 0 saturated heterocycles. The minimum Gasteiger partial charge on any atom is -0.398 e. The molecule has 7 heteroatoms. The fourth-order valence-electron chi connectivity index (χ4n) is 1.60. The Morgan fingerprint density at radius 2 is 1.84 bits per heavy atom. The fourth-order valence-corrected chi connectivity index (χ4v) is 1.86. The van der Waals surface area contributed by atoms with Crippen molar-refractivity contribution in [2.75, 3.05) is 5.73 Å². The molecule has 0 saturated carbocycles. The molecule has 0 spiro atoms. The molecule has 0 fully saturated rings. The molecule has 0 aliphatic rings. The van der Waals surface area contributed by atoms with E-state index < -0.39 is 0 Å². The normalized spacial score (nSPS) is 10.6. The van der Waals surface area contributed by atoms with Gasteiger partial charge in [-0.05, 0) is 18.2 Å². The molecule has 0 unspecified atom stereocenters. The van der Waals surface area contributed by atoms with Gasteiger partial charge < -0.3 is 10.3 Å². The zero-order valence-electron chi connectivity index (χ0n) is 9.62. The van der Waals surface area contributed by atoms with Crippen LogP contribution in [0.5, 0.6) is 0 Å². The highest BCUT2D eigenvalue weighted by Crippen LogP contribution is 2.32. The van der Waals surface area contributed by atoms with Crippen molar-refractivity contribution in [3.8, 4) is 23.1 Å². The number of nitrogen functional groups attached to an aromatic ring is 1. The summed E-state index contributed by atoms with van der Waals surface area (Å²) in [5, 5.41) is 4.27. The molecule has 1 aromatic carbocycles. The van der Waals surface area contributed by atoms with E-state index in [9.17, 15) is 0 Å². The number of hydrogen-bond acceptors (Lipinski definition) is 6. The second kappa shape index (κ2) is 4.66. The smallest absolute Gasteiger partial charge is 0.261 e. The number of anilines is 1. The van der Waals surface area contributed by atoms with E-state index in [2.05, 4.69) is 20.1 Å². The molecule has 6 nitrogen and oxygen atoms in total. The molecule has 19 heavy (non-hydrogen) atoms.